The molecule has 2 aromatic carbocycles. The Morgan fingerprint density at radius 1 is 1.12 bits per heavy atom. The van der Waals surface area contributed by atoms with Gasteiger partial charge in [-0.1, -0.05) is 46.3 Å². The van der Waals surface area contributed by atoms with Crippen LogP contribution in [-0.4, -0.2) is 20.9 Å². The van der Waals surface area contributed by atoms with E-state index in [1.165, 1.54) is 12.1 Å². The van der Waals surface area contributed by atoms with E-state index in [4.69, 9.17) is 0 Å². The molecule has 0 radical (unpaired) electrons. The smallest absolute Gasteiger partial charge is 0.240 e. The zero-order valence-electron chi connectivity index (χ0n) is 13.3. The Balaban J connectivity index is 1.81. The van der Waals surface area contributed by atoms with Crippen molar-refractivity contribution >= 4 is 31.9 Å². The lowest BCUT2D eigenvalue weighted by Crippen LogP contribution is -2.30. The molecule has 0 atom stereocenters. The third kappa shape index (κ3) is 5.43. The molecule has 0 fully saturated rings. The van der Waals surface area contributed by atoms with Gasteiger partial charge in [0.15, 0.2) is 0 Å². The zero-order chi connectivity index (χ0) is 17.6. The number of sulfonamides is 1. The van der Waals surface area contributed by atoms with E-state index < -0.39 is 10.0 Å². The fourth-order valence-corrected chi connectivity index (χ4v) is 3.74. The molecule has 0 spiro atoms. The Bertz CT molecular complexity index is 822. The second-order valence-corrected chi connectivity index (χ2v) is 7.99. The highest BCUT2D eigenvalue weighted by atomic mass is 79.9. The van der Waals surface area contributed by atoms with Gasteiger partial charge in [-0.3, -0.25) is 4.79 Å². The number of aryl methyl sites for hydroxylation is 1. The van der Waals surface area contributed by atoms with E-state index in [2.05, 4.69) is 26.0 Å². The van der Waals surface area contributed by atoms with E-state index >= 15 is 0 Å². The van der Waals surface area contributed by atoms with Gasteiger partial charge in [0.2, 0.25) is 15.9 Å². The van der Waals surface area contributed by atoms with Crippen molar-refractivity contribution in [2.75, 3.05) is 6.54 Å². The van der Waals surface area contributed by atoms with Crippen LogP contribution < -0.4 is 10.0 Å². The van der Waals surface area contributed by atoms with Gasteiger partial charge in [0.1, 0.15) is 0 Å². The summed E-state index contributed by atoms with van der Waals surface area (Å²) in [7, 11) is -3.61. The molecule has 0 saturated carbocycles. The van der Waals surface area contributed by atoms with Crippen molar-refractivity contribution in [1.29, 1.82) is 0 Å². The first-order chi connectivity index (χ1) is 11.4. The standard InChI is InChI=1S/C17H19BrN2O3S/c1-13-5-2-3-6-14(13)12-19-17(21)9-10-20-24(22,23)16-8-4-7-15(18)11-16/h2-8,11,20H,9-10,12H2,1H3,(H,19,21). The Kier molecular flexibility index (Phi) is 6.53. The third-order valence-electron chi connectivity index (χ3n) is 3.49. The fraction of sp³-hybridized carbons (Fsp3) is 0.235. The number of nitrogens with one attached hydrogen (secondary N) is 2. The summed E-state index contributed by atoms with van der Waals surface area (Å²) < 4.78 is 27.4. The molecule has 0 aliphatic heterocycles. The maximum absolute atomic E-state index is 12.1. The van der Waals surface area contributed by atoms with Crippen LogP contribution in [0.3, 0.4) is 0 Å². The first kappa shape index (κ1) is 18.6. The second kappa shape index (κ2) is 8.41. The predicted molar refractivity (Wildman–Crippen MR) is 97.0 cm³/mol. The predicted octanol–water partition coefficient (Wildman–Crippen LogP) is 2.74. The van der Waals surface area contributed by atoms with Crippen molar-refractivity contribution in [2.45, 2.75) is 24.8 Å². The minimum Gasteiger partial charge on any atom is -0.352 e. The molecule has 0 unspecified atom stereocenters. The quantitative estimate of drug-likeness (QED) is 0.736. The highest BCUT2D eigenvalue weighted by Gasteiger charge is 2.14. The molecule has 1 amide bonds. The number of hydrogen-bond acceptors (Lipinski definition) is 3. The molecular formula is C17H19BrN2O3S. The summed E-state index contributed by atoms with van der Waals surface area (Å²) in [5.74, 6) is -0.199. The first-order valence-corrected chi connectivity index (χ1v) is 9.72. The SMILES string of the molecule is Cc1ccccc1CNC(=O)CCNS(=O)(=O)c1cccc(Br)c1. The molecule has 0 aliphatic rings. The Labute approximate surface area is 150 Å². The van der Waals surface area contributed by atoms with Crippen LogP contribution in [0.4, 0.5) is 0 Å². The normalized spacial score (nSPS) is 11.2. The van der Waals surface area contributed by atoms with Crippen molar-refractivity contribution < 1.29 is 13.2 Å². The van der Waals surface area contributed by atoms with Crippen molar-refractivity contribution in [2.24, 2.45) is 0 Å². The summed E-state index contributed by atoms with van der Waals surface area (Å²) in [6.07, 6.45) is 0.0825. The summed E-state index contributed by atoms with van der Waals surface area (Å²) >= 11 is 3.24. The largest absolute Gasteiger partial charge is 0.352 e. The third-order valence-corrected chi connectivity index (χ3v) is 5.44. The lowest BCUT2D eigenvalue weighted by atomic mass is 10.1. The molecule has 24 heavy (non-hydrogen) atoms. The molecule has 0 heterocycles. The molecular weight excluding hydrogens is 392 g/mol. The zero-order valence-corrected chi connectivity index (χ0v) is 15.7. The van der Waals surface area contributed by atoms with Gasteiger partial charge in [0.25, 0.3) is 0 Å². The van der Waals surface area contributed by atoms with Gasteiger partial charge < -0.3 is 5.32 Å². The molecule has 5 nitrogen and oxygen atoms in total. The Hall–Kier alpha value is -1.70. The molecule has 0 aliphatic carbocycles. The van der Waals surface area contributed by atoms with Crippen LogP contribution in [0.2, 0.25) is 0 Å². The van der Waals surface area contributed by atoms with E-state index in [9.17, 15) is 13.2 Å². The molecule has 7 heteroatoms. The maximum atomic E-state index is 12.1. The highest BCUT2D eigenvalue weighted by Crippen LogP contribution is 2.15. The monoisotopic (exact) mass is 410 g/mol. The Morgan fingerprint density at radius 3 is 2.58 bits per heavy atom. The van der Waals surface area contributed by atoms with Gasteiger partial charge in [-0.05, 0) is 36.2 Å². The van der Waals surface area contributed by atoms with Crippen LogP contribution in [0.5, 0.6) is 0 Å². The number of carbonyl (C=O) groups is 1. The van der Waals surface area contributed by atoms with Crippen molar-refractivity contribution in [3.8, 4) is 0 Å². The number of carbonyl (C=O) groups excluding carboxylic acids is 1. The minimum atomic E-state index is -3.61. The van der Waals surface area contributed by atoms with Crippen LogP contribution in [0.1, 0.15) is 17.5 Å². The van der Waals surface area contributed by atoms with Crippen LogP contribution in [-0.2, 0) is 21.4 Å². The van der Waals surface area contributed by atoms with Crippen LogP contribution in [0, 0.1) is 6.92 Å². The van der Waals surface area contributed by atoms with Crippen molar-refractivity contribution in [3.05, 3.63) is 64.1 Å². The summed E-state index contributed by atoms with van der Waals surface area (Å²) in [4.78, 5) is 12.0. The lowest BCUT2D eigenvalue weighted by molar-refractivity contribution is -0.121. The Morgan fingerprint density at radius 2 is 1.88 bits per heavy atom. The van der Waals surface area contributed by atoms with Crippen molar-refractivity contribution in [3.63, 3.8) is 0 Å². The molecule has 2 rings (SSSR count). The van der Waals surface area contributed by atoms with Gasteiger partial charge in [0.05, 0.1) is 4.90 Å². The number of benzene rings is 2. The number of hydrogen-bond donors (Lipinski definition) is 2. The first-order valence-electron chi connectivity index (χ1n) is 7.45. The molecule has 0 aromatic heterocycles. The number of amides is 1. The van der Waals surface area contributed by atoms with Gasteiger partial charge >= 0.3 is 0 Å². The fourth-order valence-electron chi connectivity index (χ4n) is 2.11. The second-order valence-electron chi connectivity index (χ2n) is 5.31. The summed E-state index contributed by atoms with van der Waals surface area (Å²) in [5.41, 5.74) is 2.15. The maximum Gasteiger partial charge on any atom is 0.240 e. The number of rotatable bonds is 7. The van der Waals surface area contributed by atoms with E-state index in [1.807, 2.05) is 31.2 Å². The summed E-state index contributed by atoms with van der Waals surface area (Å²) in [5, 5.41) is 2.79. The highest BCUT2D eigenvalue weighted by molar-refractivity contribution is 9.10. The topological polar surface area (TPSA) is 75.3 Å². The molecule has 128 valence electrons. The minimum absolute atomic E-state index is 0.0501. The molecule has 0 bridgehead atoms. The van der Waals surface area contributed by atoms with Gasteiger partial charge in [-0.25, -0.2) is 13.1 Å². The van der Waals surface area contributed by atoms with Crippen LogP contribution in [0.15, 0.2) is 57.9 Å². The number of halogens is 1. The summed E-state index contributed by atoms with van der Waals surface area (Å²) in [6.45, 7) is 2.46. The average molecular weight is 411 g/mol. The van der Waals surface area contributed by atoms with Gasteiger partial charge in [0, 0.05) is 24.0 Å². The van der Waals surface area contributed by atoms with Crippen molar-refractivity contribution in [1.82, 2.24) is 10.0 Å². The summed E-state index contributed by atoms with van der Waals surface area (Å²) in [6, 6.07) is 14.2. The van der Waals surface area contributed by atoms with E-state index in [-0.39, 0.29) is 23.8 Å². The van der Waals surface area contributed by atoms with Gasteiger partial charge in [-0.15, -0.1) is 0 Å². The molecule has 0 saturated heterocycles. The molecule has 2 aromatic rings. The van der Waals surface area contributed by atoms with Crippen LogP contribution in [0.25, 0.3) is 0 Å². The van der Waals surface area contributed by atoms with E-state index in [0.717, 1.165) is 11.1 Å². The van der Waals surface area contributed by atoms with Gasteiger partial charge in [-0.2, -0.15) is 0 Å². The average Bonchev–Trinajstić information content (AvgIpc) is 2.54. The molecule has 2 N–H and O–H groups in total. The van der Waals surface area contributed by atoms with Crippen LogP contribution >= 0.6 is 15.9 Å². The van der Waals surface area contributed by atoms with E-state index in [1.54, 1.807) is 12.1 Å². The van der Waals surface area contributed by atoms with E-state index in [0.29, 0.717) is 11.0 Å². The lowest BCUT2D eigenvalue weighted by Gasteiger charge is -2.09.